The number of rotatable bonds is 4. The molecule has 0 unspecified atom stereocenters. The summed E-state index contributed by atoms with van der Waals surface area (Å²) in [6.07, 6.45) is 3.91. The average molecular weight is 245 g/mol. The molecule has 2 heterocycles. The normalized spacial score (nSPS) is 10.9. The number of H-pyrrole nitrogens is 2. The number of carbonyl (C=O) groups is 2. The molecule has 0 spiro atoms. The Morgan fingerprint density at radius 2 is 2.17 bits per heavy atom. The lowest BCUT2D eigenvalue weighted by atomic mass is 10.0. The minimum atomic E-state index is -0.114. The Balaban J connectivity index is 2.59. The second-order valence-corrected chi connectivity index (χ2v) is 4.52. The zero-order valence-corrected chi connectivity index (χ0v) is 10.6. The van der Waals surface area contributed by atoms with Crippen LogP contribution < -0.4 is 0 Å². The van der Waals surface area contributed by atoms with Gasteiger partial charge in [0.2, 0.25) is 0 Å². The van der Waals surface area contributed by atoms with Crippen LogP contribution in [0.25, 0.3) is 11.4 Å². The largest absolute Gasteiger partial charge is 0.350 e. The van der Waals surface area contributed by atoms with Crippen LogP contribution in [0, 0.1) is 12.8 Å². The Morgan fingerprint density at radius 3 is 2.67 bits per heavy atom. The molecule has 2 aromatic heterocycles. The van der Waals surface area contributed by atoms with E-state index in [1.54, 1.807) is 13.1 Å². The zero-order valence-electron chi connectivity index (χ0n) is 10.6. The van der Waals surface area contributed by atoms with Crippen LogP contribution >= 0.6 is 0 Å². The summed E-state index contributed by atoms with van der Waals surface area (Å²) in [5.41, 5.74) is 3.00. The number of carbonyl (C=O) groups excluding carboxylic acids is 2. The fourth-order valence-electron chi connectivity index (χ4n) is 1.90. The van der Waals surface area contributed by atoms with Gasteiger partial charge in [0.25, 0.3) is 0 Å². The molecule has 2 rings (SSSR count). The van der Waals surface area contributed by atoms with Gasteiger partial charge in [-0.25, -0.2) is 4.98 Å². The average Bonchev–Trinajstić information content (AvgIpc) is 2.94. The molecule has 0 aliphatic rings. The monoisotopic (exact) mass is 245 g/mol. The molecule has 0 amide bonds. The molecule has 0 radical (unpaired) electrons. The summed E-state index contributed by atoms with van der Waals surface area (Å²) >= 11 is 0. The topological polar surface area (TPSA) is 78.6 Å². The quantitative estimate of drug-likeness (QED) is 0.641. The summed E-state index contributed by atoms with van der Waals surface area (Å²) in [5.74, 6) is -0.113. The molecule has 2 aromatic rings. The van der Waals surface area contributed by atoms with E-state index in [4.69, 9.17) is 0 Å². The smallest absolute Gasteiger partial charge is 0.181 e. The summed E-state index contributed by atoms with van der Waals surface area (Å²) in [7, 11) is 0. The number of hydrogen-bond acceptors (Lipinski definition) is 3. The van der Waals surface area contributed by atoms with E-state index >= 15 is 0 Å². The predicted octanol–water partition coefficient (Wildman–Crippen LogP) is 2.36. The number of nitrogens with one attached hydrogen (secondary N) is 2. The highest BCUT2D eigenvalue weighted by molar-refractivity contribution is 6.01. The van der Waals surface area contributed by atoms with Gasteiger partial charge in [-0.05, 0) is 12.5 Å². The molecule has 0 aliphatic heterocycles. The third-order valence-corrected chi connectivity index (χ3v) is 2.95. The number of aromatic amines is 2. The van der Waals surface area contributed by atoms with E-state index in [1.165, 1.54) is 6.33 Å². The van der Waals surface area contributed by atoms with Crippen molar-refractivity contribution < 1.29 is 9.59 Å². The van der Waals surface area contributed by atoms with Crippen molar-refractivity contribution in [3.8, 4) is 11.4 Å². The van der Waals surface area contributed by atoms with E-state index < -0.39 is 0 Å². The van der Waals surface area contributed by atoms with Crippen molar-refractivity contribution in [3.63, 3.8) is 0 Å². The second-order valence-electron chi connectivity index (χ2n) is 4.52. The molecular formula is C13H15N3O2. The lowest BCUT2D eigenvalue weighted by molar-refractivity contribution is 0.0934. The van der Waals surface area contributed by atoms with Gasteiger partial charge < -0.3 is 9.97 Å². The maximum Gasteiger partial charge on any atom is 0.181 e. The molecule has 5 heteroatoms. The van der Waals surface area contributed by atoms with Gasteiger partial charge in [-0.1, -0.05) is 13.8 Å². The summed E-state index contributed by atoms with van der Waals surface area (Å²) in [6.45, 7) is 5.44. The van der Waals surface area contributed by atoms with Crippen LogP contribution in [-0.4, -0.2) is 27.0 Å². The number of Topliss-reactive ketones (excluding diaryl/α,β-unsaturated/α-hetero) is 1. The highest BCUT2D eigenvalue weighted by Gasteiger charge is 2.21. The van der Waals surface area contributed by atoms with E-state index in [0.29, 0.717) is 28.2 Å². The van der Waals surface area contributed by atoms with Crippen LogP contribution in [0.4, 0.5) is 0 Å². The first-order chi connectivity index (χ1) is 8.56. The van der Waals surface area contributed by atoms with Gasteiger partial charge in [0, 0.05) is 11.5 Å². The summed E-state index contributed by atoms with van der Waals surface area (Å²) in [6, 6.07) is 0. The minimum absolute atomic E-state index is 0.00126. The summed E-state index contributed by atoms with van der Waals surface area (Å²) in [5, 5.41) is 0. The maximum atomic E-state index is 12.0. The first kappa shape index (κ1) is 12.3. The third-order valence-electron chi connectivity index (χ3n) is 2.95. The first-order valence-corrected chi connectivity index (χ1v) is 5.77. The lowest BCUT2D eigenvalue weighted by Crippen LogP contribution is -2.09. The Bertz CT molecular complexity index is 580. The second kappa shape index (κ2) is 4.60. The van der Waals surface area contributed by atoms with Gasteiger partial charge in [-0.3, -0.25) is 9.59 Å². The van der Waals surface area contributed by atoms with Crippen molar-refractivity contribution in [2.24, 2.45) is 5.92 Å². The zero-order chi connectivity index (χ0) is 13.3. The lowest BCUT2D eigenvalue weighted by Gasteiger charge is -2.02. The van der Waals surface area contributed by atoms with Crippen molar-refractivity contribution in [2.75, 3.05) is 0 Å². The Labute approximate surface area is 105 Å². The Kier molecular flexibility index (Phi) is 3.14. The van der Waals surface area contributed by atoms with Gasteiger partial charge in [-0.15, -0.1) is 0 Å². The number of nitrogens with zero attached hydrogens (tertiary/aromatic N) is 1. The fourth-order valence-corrected chi connectivity index (χ4v) is 1.90. The van der Waals surface area contributed by atoms with Gasteiger partial charge in [0.15, 0.2) is 12.1 Å². The molecule has 94 valence electrons. The molecule has 18 heavy (non-hydrogen) atoms. The molecule has 5 nitrogen and oxygen atoms in total. The number of imidazole rings is 1. The molecule has 0 aliphatic carbocycles. The summed E-state index contributed by atoms with van der Waals surface area (Å²) in [4.78, 5) is 33.1. The highest BCUT2D eigenvalue weighted by Crippen LogP contribution is 2.26. The van der Waals surface area contributed by atoms with E-state index in [-0.39, 0.29) is 11.7 Å². The Morgan fingerprint density at radius 1 is 1.44 bits per heavy atom. The molecule has 2 N–H and O–H groups in total. The number of aldehydes is 1. The maximum absolute atomic E-state index is 12.0. The molecule has 0 aromatic carbocycles. The molecule has 0 atom stereocenters. The Hall–Kier alpha value is -2.17. The first-order valence-electron chi connectivity index (χ1n) is 5.77. The van der Waals surface area contributed by atoms with Crippen LogP contribution in [0.1, 0.15) is 40.3 Å². The molecular weight excluding hydrogens is 230 g/mol. The summed E-state index contributed by atoms with van der Waals surface area (Å²) < 4.78 is 0. The van der Waals surface area contributed by atoms with E-state index in [1.807, 2.05) is 13.8 Å². The van der Waals surface area contributed by atoms with Gasteiger partial charge >= 0.3 is 0 Å². The van der Waals surface area contributed by atoms with E-state index in [2.05, 4.69) is 15.0 Å². The highest BCUT2D eigenvalue weighted by atomic mass is 16.1. The van der Waals surface area contributed by atoms with Crippen molar-refractivity contribution in [1.82, 2.24) is 15.0 Å². The third kappa shape index (κ3) is 1.88. The molecule has 0 fully saturated rings. The number of ketones is 1. The van der Waals surface area contributed by atoms with Gasteiger partial charge in [-0.2, -0.15) is 0 Å². The fraction of sp³-hybridized carbons (Fsp3) is 0.308. The predicted molar refractivity (Wildman–Crippen MR) is 67.7 cm³/mol. The number of hydrogen-bond donors (Lipinski definition) is 2. The van der Waals surface area contributed by atoms with Crippen molar-refractivity contribution in [1.29, 1.82) is 0 Å². The number of aromatic nitrogens is 3. The van der Waals surface area contributed by atoms with Gasteiger partial charge in [0.1, 0.15) is 0 Å². The minimum Gasteiger partial charge on any atom is -0.350 e. The SMILES string of the molecule is Cc1c(C(=O)C(C)C)[nH]c(-c2cnc[nH]2)c1C=O. The van der Waals surface area contributed by atoms with Crippen molar-refractivity contribution in [3.05, 3.63) is 29.3 Å². The van der Waals surface area contributed by atoms with E-state index in [0.717, 1.165) is 6.29 Å². The molecule has 0 saturated heterocycles. The molecule has 0 saturated carbocycles. The standard InChI is InChI=1S/C13H15N3O2/c1-7(2)13(18)11-8(3)9(5-17)12(16-11)10-4-14-6-15-10/h4-7,16H,1-3H3,(H,14,15). The van der Waals surface area contributed by atoms with Crippen LogP contribution in [-0.2, 0) is 0 Å². The van der Waals surface area contributed by atoms with Crippen LogP contribution in [0.5, 0.6) is 0 Å². The van der Waals surface area contributed by atoms with E-state index in [9.17, 15) is 9.59 Å². The van der Waals surface area contributed by atoms with Crippen LogP contribution in [0.2, 0.25) is 0 Å². The van der Waals surface area contributed by atoms with Gasteiger partial charge in [0.05, 0.1) is 29.6 Å². The van der Waals surface area contributed by atoms with Crippen molar-refractivity contribution >= 4 is 12.1 Å². The van der Waals surface area contributed by atoms with Crippen LogP contribution in [0.3, 0.4) is 0 Å². The van der Waals surface area contributed by atoms with Crippen molar-refractivity contribution in [2.45, 2.75) is 20.8 Å². The van der Waals surface area contributed by atoms with Crippen LogP contribution in [0.15, 0.2) is 12.5 Å². The molecule has 0 bridgehead atoms.